The second-order valence-electron chi connectivity index (χ2n) is 6.05. The number of carbonyl (C=O) groups is 1. The third-order valence-electron chi connectivity index (χ3n) is 3.74. The van der Waals surface area contributed by atoms with Crippen molar-refractivity contribution >= 4 is 11.6 Å². The van der Waals surface area contributed by atoms with E-state index in [1.807, 2.05) is 39.0 Å². The predicted octanol–water partition coefficient (Wildman–Crippen LogP) is 5.15. The van der Waals surface area contributed by atoms with Crippen LogP contribution in [0.4, 0.5) is 18.9 Å². The molecule has 0 spiro atoms. The third kappa shape index (κ3) is 4.98. The van der Waals surface area contributed by atoms with E-state index in [4.69, 9.17) is 4.74 Å². The van der Waals surface area contributed by atoms with Gasteiger partial charge in [-0.3, -0.25) is 4.79 Å². The number of alkyl halides is 3. The smallest absolute Gasteiger partial charge is 0.416 e. The van der Waals surface area contributed by atoms with Crippen LogP contribution in [-0.4, -0.2) is 12.5 Å². The standard InChI is InChI=1S/C19H20F3NO2/c1-12(2)16-6-4-5-13(3)18(16)23-17(24)11-25-15-9-7-14(8-10-15)19(20,21)22/h4-10,12H,11H2,1-3H3,(H,23,24). The summed E-state index contributed by atoms with van der Waals surface area (Å²) in [4.78, 5) is 12.1. The summed E-state index contributed by atoms with van der Waals surface area (Å²) in [5.41, 5.74) is 1.95. The Labute approximate surface area is 144 Å². The lowest BCUT2D eigenvalue weighted by atomic mass is 9.98. The summed E-state index contributed by atoms with van der Waals surface area (Å²) in [6.45, 7) is 5.68. The van der Waals surface area contributed by atoms with Gasteiger partial charge >= 0.3 is 6.18 Å². The molecule has 25 heavy (non-hydrogen) atoms. The normalized spacial score (nSPS) is 11.5. The first kappa shape index (κ1) is 18.8. The van der Waals surface area contributed by atoms with E-state index < -0.39 is 11.7 Å². The molecule has 0 aromatic heterocycles. The molecule has 0 saturated carbocycles. The van der Waals surface area contributed by atoms with Gasteiger partial charge in [0.15, 0.2) is 6.61 Å². The van der Waals surface area contributed by atoms with Gasteiger partial charge < -0.3 is 10.1 Å². The molecule has 0 atom stereocenters. The van der Waals surface area contributed by atoms with Gasteiger partial charge in [-0.2, -0.15) is 13.2 Å². The van der Waals surface area contributed by atoms with E-state index in [2.05, 4.69) is 5.32 Å². The minimum atomic E-state index is -4.39. The molecular weight excluding hydrogens is 331 g/mol. The Morgan fingerprint density at radius 1 is 1.12 bits per heavy atom. The Hall–Kier alpha value is -2.50. The van der Waals surface area contributed by atoms with E-state index in [1.54, 1.807) is 0 Å². The molecule has 1 N–H and O–H groups in total. The Morgan fingerprint density at radius 3 is 2.32 bits per heavy atom. The van der Waals surface area contributed by atoms with Gasteiger partial charge in [0.2, 0.25) is 0 Å². The lowest BCUT2D eigenvalue weighted by Gasteiger charge is -2.16. The number of benzene rings is 2. The lowest BCUT2D eigenvalue weighted by molar-refractivity contribution is -0.137. The molecule has 0 aliphatic rings. The molecule has 0 fully saturated rings. The van der Waals surface area contributed by atoms with Crippen molar-refractivity contribution in [1.82, 2.24) is 0 Å². The summed E-state index contributed by atoms with van der Waals surface area (Å²) in [5, 5.41) is 2.82. The fourth-order valence-corrected chi connectivity index (χ4v) is 2.41. The second-order valence-corrected chi connectivity index (χ2v) is 6.05. The van der Waals surface area contributed by atoms with Crippen LogP contribution in [0.25, 0.3) is 0 Å². The lowest BCUT2D eigenvalue weighted by Crippen LogP contribution is -2.21. The largest absolute Gasteiger partial charge is 0.484 e. The van der Waals surface area contributed by atoms with Crippen LogP contribution in [0.15, 0.2) is 42.5 Å². The van der Waals surface area contributed by atoms with Gasteiger partial charge in [-0.05, 0) is 48.2 Å². The Morgan fingerprint density at radius 2 is 1.76 bits per heavy atom. The molecule has 1 amide bonds. The number of hydrogen-bond acceptors (Lipinski definition) is 2. The molecular formula is C19H20F3NO2. The Balaban J connectivity index is 2.00. The summed E-state index contributed by atoms with van der Waals surface area (Å²) in [6.07, 6.45) is -4.39. The van der Waals surface area contributed by atoms with Gasteiger partial charge in [0.1, 0.15) is 5.75 Å². The van der Waals surface area contributed by atoms with E-state index in [0.717, 1.165) is 28.9 Å². The highest BCUT2D eigenvalue weighted by molar-refractivity contribution is 5.93. The quantitative estimate of drug-likeness (QED) is 0.808. The Kier molecular flexibility index (Phi) is 5.72. The number of ether oxygens (including phenoxy) is 1. The first-order chi connectivity index (χ1) is 11.7. The first-order valence-electron chi connectivity index (χ1n) is 7.88. The van der Waals surface area contributed by atoms with Crippen LogP contribution in [0.5, 0.6) is 5.75 Å². The van der Waals surface area contributed by atoms with Crippen LogP contribution in [0.1, 0.15) is 36.5 Å². The SMILES string of the molecule is Cc1cccc(C(C)C)c1NC(=O)COc1ccc(C(F)(F)F)cc1. The zero-order chi connectivity index (χ0) is 18.6. The Bertz CT molecular complexity index is 737. The maximum Gasteiger partial charge on any atom is 0.416 e. The molecule has 0 unspecified atom stereocenters. The van der Waals surface area contributed by atoms with Crippen molar-refractivity contribution in [3.05, 3.63) is 59.2 Å². The molecule has 2 aromatic carbocycles. The van der Waals surface area contributed by atoms with E-state index in [0.29, 0.717) is 0 Å². The number of rotatable bonds is 5. The van der Waals surface area contributed by atoms with Crippen LogP contribution in [-0.2, 0) is 11.0 Å². The number of amides is 1. The maximum absolute atomic E-state index is 12.5. The molecule has 0 radical (unpaired) electrons. The number of aryl methyl sites for hydroxylation is 1. The molecule has 6 heteroatoms. The van der Waals surface area contributed by atoms with Crippen molar-refractivity contribution in [2.45, 2.75) is 32.9 Å². The minimum Gasteiger partial charge on any atom is -0.484 e. The summed E-state index contributed by atoms with van der Waals surface area (Å²) >= 11 is 0. The van der Waals surface area contributed by atoms with Gasteiger partial charge in [-0.15, -0.1) is 0 Å². The minimum absolute atomic E-state index is 0.206. The van der Waals surface area contributed by atoms with E-state index in [1.165, 1.54) is 12.1 Å². The van der Waals surface area contributed by atoms with Crippen molar-refractivity contribution in [2.75, 3.05) is 11.9 Å². The number of anilines is 1. The van der Waals surface area contributed by atoms with E-state index >= 15 is 0 Å². The predicted molar refractivity (Wildman–Crippen MR) is 90.8 cm³/mol. The molecule has 2 rings (SSSR count). The average molecular weight is 351 g/mol. The molecule has 3 nitrogen and oxygen atoms in total. The molecule has 0 heterocycles. The van der Waals surface area contributed by atoms with Crippen molar-refractivity contribution in [2.24, 2.45) is 0 Å². The van der Waals surface area contributed by atoms with Crippen LogP contribution in [0, 0.1) is 6.92 Å². The number of nitrogens with one attached hydrogen (secondary N) is 1. The number of hydrogen-bond donors (Lipinski definition) is 1. The van der Waals surface area contributed by atoms with Crippen LogP contribution >= 0.6 is 0 Å². The number of para-hydroxylation sites is 1. The maximum atomic E-state index is 12.5. The van der Waals surface area contributed by atoms with Crippen molar-refractivity contribution in [1.29, 1.82) is 0 Å². The molecule has 0 bridgehead atoms. The van der Waals surface area contributed by atoms with Gasteiger partial charge in [0.25, 0.3) is 5.91 Å². The highest BCUT2D eigenvalue weighted by atomic mass is 19.4. The van der Waals surface area contributed by atoms with E-state index in [-0.39, 0.29) is 24.2 Å². The van der Waals surface area contributed by atoms with Gasteiger partial charge in [0, 0.05) is 5.69 Å². The molecule has 0 aliphatic heterocycles. The molecule has 134 valence electrons. The molecule has 2 aromatic rings. The van der Waals surface area contributed by atoms with Gasteiger partial charge in [-0.25, -0.2) is 0 Å². The number of halogens is 3. The monoisotopic (exact) mass is 351 g/mol. The van der Waals surface area contributed by atoms with Crippen LogP contribution < -0.4 is 10.1 Å². The highest BCUT2D eigenvalue weighted by Gasteiger charge is 2.30. The van der Waals surface area contributed by atoms with Crippen molar-refractivity contribution < 1.29 is 22.7 Å². The summed E-state index contributed by atoms with van der Waals surface area (Å²) in [6, 6.07) is 10.0. The molecule has 0 saturated heterocycles. The van der Waals surface area contributed by atoms with Crippen molar-refractivity contribution in [3.8, 4) is 5.75 Å². The third-order valence-corrected chi connectivity index (χ3v) is 3.74. The van der Waals surface area contributed by atoms with Gasteiger partial charge in [-0.1, -0.05) is 32.0 Å². The summed E-state index contributed by atoms with van der Waals surface area (Å²) < 4.78 is 42.8. The van der Waals surface area contributed by atoms with Crippen LogP contribution in [0.2, 0.25) is 0 Å². The second kappa shape index (κ2) is 7.59. The fraction of sp³-hybridized carbons (Fsp3) is 0.316. The zero-order valence-electron chi connectivity index (χ0n) is 14.3. The molecule has 0 aliphatic carbocycles. The first-order valence-corrected chi connectivity index (χ1v) is 7.88. The van der Waals surface area contributed by atoms with Crippen LogP contribution in [0.3, 0.4) is 0 Å². The summed E-state index contributed by atoms with van der Waals surface area (Å²) in [7, 11) is 0. The average Bonchev–Trinajstić information content (AvgIpc) is 2.54. The van der Waals surface area contributed by atoms with Gasteiger partial charge in [0.05, 0.1) is 5.56 Å². The summed E-state index contributed by atoms with van der Waals surface area (Å²) in [5.74, 6) is 0.0825. The zero-order valence-corrected chi connectivity index (χ0v) is 14.3. The topological polar surface area (TPSA) is 38.3 Å². The van der Waals surface area contributed by atoms with Crippen molar-refractivity contribution in [3.63, 3.8) is 0 Å². The number of carbonyl (C=O) groups excluding carboxylic acids is 1. The fourth-order valence-electron chi connectivity index (χ4n) is 2.41. The highest BCUT2D eigenvalue weighted by Crippen LogP contribution is 2.30. The van der Waals surface area contributed by atoms with E-state index in [9.17, 15) is 18.0 Å².